The number of likely N-dealkylation sites (N-methyl/N-ethyl adjacent to an activating group) is 1. The Bertz CT molecular complexity index is 2400. The van der Waals surface area contributed by atoms with Gasteiger partial charge < -0.3 is 20.4 Å². The summed E-state index contributed by atoms with van der Waals surface area (Å²) < 4.78 is 33.7. The van der Waals surface area contributed by atoms with Crippen molar-refractivity contribution in [1.29, 1.82) is 5.26 Å². The number of rotatable bonds is 15. The summed E-state index contributed by atoms with van der Waals surface area (Å²) in [6.07, 6.45) is 7.64. The van der Waals surface area contributed by atoms with Crippen molar-refractivity contribution < 1.29 is 27.5 Å². The number of hydrogen-bond donors (Lipinski definition) is 3. The fourth-order valence-corrected chi connectivity index (χ4v) is 8.21. The Labute approximate surface area is 323 Å². The predicted octanol–water partition coefficient (Wildman–Crippen LogP) is 4.29. The van der Waals surface area contributed by atoms with Gasteiger partial charge in [-0.2, -0.15) is 19.6 Å². The van der Waals surface area contributed by atoms with E-state index in [0.29, 0.717) is 65.8 Å². The fraction of sp³-hybridized carbons (Fsp3) is 0.359. The van der Waals surface area contributed by atoms with Crippen LogP contribution in [-0.2, 0) is 25.2 Å². The molecule has 2 aliphatic rings. The number of nitrogens with zero attached hydrogens (tertiary/aromatic N) is 7. The summed E-state index contributed by atoms with van der Waals surface area (Å²) in [4.78, 5) is 50.8. The van der Waals surface area contributed by atoms with Gasteiger partial charge in [-0.3, -0.25) is 24.0 Å². The number of ether oxygens (including phenoxy) is 1. The highest BCUT2D eigenvalue weighted by atomic mass is 32.2. The van der Waals surface area contributed by atoms with E-state index in [0.717, 1.165) is 23.8 Å². The number of imide groups is 1. The van der Waals surface area contributed by atoms with E-state index in [-0.39, 0.29) is 48.9 Å². The number of hydrogen-bond acceptors (Lipinski definition) is 11. The number of carbonyl (C=O) groups is 3. The molecular weight excluding hydrogens is 737 g/mol. The van der Waals surface area contributed by atoms with Gasteiger partial charge in [-0.15, -0.1) is 0 Å². The zero-order valence-electron chi connectivity index (χ0n) is 31.1. The number of unbranched alkanes of at least 4 members (excludes halogenated alkanes) is 1. The van der Waals surface area contributed by atoms with E-state index in [9.17, 15) is 28.1 Å². The highest BCUT2D eigenvalue weighted by Gasteiger charge is 2.49. The van der Waals surface area contributed by atoms with E-state index >= 15 is 0 Å². The third-order valence-corrected chi connectivity index (χ3v) is 12.1. The van der Waals surface area contributed by atoms with Gasteiger partial charge in [0.25, 0.3) is 5.91 Å². The molecule has 290 valence electrons. The van der Waals surface area contributed by atoms with Crippen molar-refractivity contribution in [3.8, 4) is 23.1 Å². The number of nitriles is 1. The van der Waals surface area contributed by atoms with Crippen LogP contribution in [0.1, 0.15) is 60.9 Å². The zero-order valence-corrected chi connectivity index (χ0v) is 31.9. The second-order valence-corrected chi connectivity index (χ2v) is 16.3. The van der Waals surface area contributed by atoms with Gasteiger partial charge in [-0.25, -0.2) is 13.4 Å². The molecule has 2 aliphatic heterocycles. The molecule has 17 heteroatoms. The minimum atomic E-state index is -3.38. The van der Waals surface area contributed by atoms with Crippen molar-refractivity contribution in [3.05, 3.63) is 84.3 Å². The number of benzene rings is 2. The summed E-state index contributed by atoms with van der Waals surface area (Å²) in [5.41, 5.74) is 3.17. The average molecular weight is 779 g/mol. The Kier molecular flexibility index (Phi) is 10.9. The molecular formula is C39H42N10O6S. The van der Waals surface area contributed by atoms with Crippen LogP contribution in [0.2, 0.25) is 0 Å². The number of piperidine rings is 1. The van der Waals surface area contributed by atoms with Gasteiger partial charge in [-0.1, -0.05) is 12.1 Å². The number of fused-ring (bicyclic) bond motifs is 1. The Balaban J connectivity index is 0.902. The van der Waals surface area contributed by atoms with Gasteiger partial charge in [0.05, 0.1) is 42.7 Å². The van der Waals surface area contributed by atoms with E-state index in [2.05, 4.69) is 31.8 Å². The predicted molar refractivity (Wildman–Crippen MR) is 207 cm³/mol. The van der Waals surface area contributed by atoms with E-state index in [1.54, 1.807) is 54.5 Å². The summed E-state index contributed by atoms with van der Waals surface area (Å²) in [5.74, 6) is 0.163. The first-order valence-corrected chi connectivity index (χ1v) is 20.0. The third-order valence-electron chi connectivity index (χ3n) is 10.3. The molecule has 5 aromatic rings. The number of sulfonamides is 1. The second kappa shape index (κ2) is 15.9. The largest absolute Gasteiger partial charge is 0.494 e. The van der Waals surface area contributed by atoms with Crippen LogP contribution in [0.5, 0.6) is 5.75 Å². The van der Waals surface area contributed by atoms with Crippen LogP contribution in [0.4, 0.5) is 11.6 Å². The van der Waals surface area contributed by atoms with Crippen LogP contribution >= 0.6 is 0 Å². The monoisotopic (exact) mass is 778 g/mol. The minimum absolute atomic E-state index is 0.00809. The summed E-state index contributed by atoms with van der Waals surface area (Å²) in [5, 5.41) is 21.0. The molecule has 0 spiro atoms. The molecule has 3 aromatic heterocycles. The van der Waals surface area contributed by atoms with E-state index < -0.39 is 15.6 Å². The number of likely N-dealkylation sites (tertiary alicyclic amines) is 1. The molecule has 5 heterocycles. The smallest absolute Gasteiger partial charge is 0.251 e. The van der Waals surface area contributed by atoms with E-state index in [1.165, 1.54) is 16.3 Å². The Morgan fingerprint density at radius 3 is 2.57 bits per heavy atom. The molecule has 56 heavy (non-hydrogen) atoms. The maximum absolute atomic E-state index is 12.8. The number of carbonyl (C=O) groups excluding carboxylic acids is 3. The normalized spacial score (nSPS) is 17.0. The zero-order chi connectivity index (χ0) is 39.5. The summed E-state index contributed by atoms with van der Waals surface area (Å²) in [6, 6.07) is 18.4. The highest BCUT2D eigenvalue weighted by molar-refractivity contribution is 7.89. The lowest BCUT2D eigenvalue weighted by atomic mass is 9.89. The molecule has 0 radical (unpaired) electrons. The topological polar surface area (TPSA) is 208 Å². The molecule has 1 atom stereocenters. The number of nitrogens with one attached hydrogen (secondary N) is 3. The Morgan fingerprint density at radius 1 is 1.07 bits per heavy atom. The quantitative estimate of drug-likeness (QED) is 0.101. The molecule has 3 N–H and O–H groups in total. The van der Waals surface area contributed by atoms with Crippen LogP contribution in [0.15, 0.2) is 73.2 Å². The maximum Gasteiger partial charge on any atom is 0.251 e. The number of anilines is 2. The third kappa shape index (κ3) is 7.84. The minimum Gasteiger partial charge on any atom is -0.494 e. The van der Waals surface area contributed by atoms with Crippen molar-refractivity contribution in [2.75, 3.05) is 44.4 Å². The fourth-order valence-electron chi connectivity index (χ4n) is 6.97. The van der Waals surface area contributed by atoms with Gasteiger partial charge in [0.15, 0.2) is 0 Å². The molecule has 2 saturated heterocycles. The molecule has 0 aliphatic carbocycles. The molecule has 2 fully saturated rings. The Morgan fingerprint density at radius 2 is 1.84 bits per heavy atom. The van der Waals surface area contributed by atoms with Gasteiger partial charge in [-0.05, 0) is 74.2 Å². The van der Waals surface area contributed by atoms with Crippen molar-refractivity contribution in [2.45, 2.75) is 50.5 Å². The highest BCUT2D eigenvalue weighted by Crippen LogP contribution is 2.36. The van der Waals surface area contributed by atoms with Gasteiger partial charge in [0, 0.05) is 67.7 Å². The summed E-state index contributed by atoms with van der Waals surface area (Å²) in [7, 11) is -1.86. The molecule has 7 rings (SSSR count). The van der Waals surface area contributed by atoms with Crippen LogP contribution in [-0.4, -0.2) is 99.1 Å². The summed E-state index contributed by atoms with van der Waals surface area (Å²) >= 11 is 0. The number of aromatic nitrogens is 5. The van der Waals surface area contributed by atoms with Gasteiger partial charge >= 0.3 is 0 Å². The summed E-state index contributed by atoms with van der Waals surface area (Å²) in [6.45, 7) is 2.89. The van der Waals surface area contributed by atoms with Crippen molar-refractivity contribution >= 4 is 50.4 Å². The van der Waals surface area contributed by atoms with Crippen LogP contribution in [0, 0.1) is 11.3 Å². The second-order valence-electron chi connectivity index (χ2n) is 14.0. The lowest BCUT2D eigenvalue weighted by Gasteiger charge is -2.47. The van der Waals surface area contributed by atoms with Crippen LogP contribution < -0.4 is 15.4 Å². The molecule has 0 saturated carbocycles. The molecule has 1 unspecified atom stereocenters. The molecule has 16 nitrogen and oxygen atoms in total. The number of aromatic amines is 1. The number of amides is 3. The maximum atomic E-state index is 12.8. The molecule has 0 bridgehead atoms. The average Bonchev–Trinajstić information content (AvgIpc) is 3.88. The van der Waals surface area contributed by atoms with Crippen molar-refractivity contribution in [2.24, 2.45) is 0 Å². The molecule has 3 amide bonds. The standard InChI is InChI=1S/C39H42N10O6S/c1-3-56(53,54)48-24-39(25-48,17-18-40)49-23-28(22-43-49)34-32-16-20-41-35(32)46-38(45-34)44-29-10-6-27(7-11-29)36(51)42-19-4-5-21-55-30-12-8-26(9-13-30)31-14-15-33(50)47(2)37(31)52/h6-13,16,20,22-23,31H,3-5,14-15,17,19,21,24-25H2,1-2H3,(H,42,51)(H2,41,44,45,46). The van der Waals surface area contributed by atoms with Gasteiger partial charge in [0.2, 0.25) is 27.8 Å². The first-order valence-electron chi connectivity index (χ1n) is 18.4. The van der Waals surface area contributed by atoms with Crippen molar-refractivity contribution in [3.63, 3.8) is 0 Å². The number of H-pyrrole nitrogens is 1. The molecule has 2 aromatic carbocycles. The first-order chi connectivity index (χ1) is 27.0. The van der Waals surface area contributed by atoms with E-state index in [1.807, 2.05) is 30.3 Å². The SMILES string of the molecule is CCS(=O)(=O)N1CC(CC#N)(n2cc(-c3nc(Nc4ccc(C(=O)NCCCCOc5ccc(C6CCC(=O)N(C)C6=O)cc5)cc4)nc4[nH]ccc34)cn2)C1. The van der Waals surface area contributed by atoms with Crippen molar-refractivity contribution in [1.82, 2.24) is 39.3 Å². The van der Waals surface area contributed by atoms with Crippen LogP contribution in [0.25, 0.3) is 22.3 Å². The van der Waals surface area contributed by atoms with Gasteiger partial charge in [0.1, 0.15) is 16.9 Å². The van der Waals surface area contributed by atoms with Crippen LogP contribution in [0.3, 0.4) is 0 Å². The lowest BCUT2D eigenvalue weighted by Crippen LogP contribution is -2.64. The first kappa shape index (κ1) is 38.2. The van der Waals surface area contributed by atoms with E-state index in [4.69, 9.17) is 9.72 Å². The lowest BCUT2D eigenvalue weighted by molar-refractivity contribution is -0.147. The Hall–Kier alpha value is -6.12.